The number of furan rings is 2. The van der Waals surface area contributed by atoms with Gasteiger partial charge in [0, 0.05) is 11.8 Å². The Balaban J connectivity index is 1.71. The molecule has 0 saturated heterocycles. The minimum absolute atomic E-state index is 0.373. The predicted molar refractivity (Wildman–Crippen MR) is 76.5 cm³/mol. The van der Waals surface area contributed by atoms with Crippen molar-refractivity contribution in [2.45, 2.75) is 0 Å². The standard InChI is InChI=1S/C13H8Cl2N2O2/c14-9-3-1-7(5-10(9)15)16-13(18)17-11-6-8-2-4-12(11)19-8/h1-6H,(H2,16,17,18). The van der Waals surface area contributed by atoms with Crippen LogP contribution in [0.1, 0.15) is 0 Å². The number of anilines is 2. The number of halogens is 2. The highest BCUT2D eigenvalue weighted by Gasteiger charge is 2.10. The lowest BCUT2D eigenvalue weighted by Gasteiger charge is -2.07. The van der Waals surface area contributed by atoms with Gasteiger partial charge in [-0.1, -0.05) is 23.2 Å². The van der Waals surface area contributed by atoms with E-state index in [1.165, 1.54) is 0 Å². The van der Waals surface area contributed by atoms with E-state index in [1.807, 2.05) is 6.07 Å². The van der Waals surface area contributed by atoms with Crippen LogP contribution in [0.3, 0.4) is 0 Å². The zero-order chi connectivity index (χ0) is 13.4. The van der Waals surface area contributed by atoms with E-state index < -0.39 is 0 Å². The molecule has 0 saturated carbocycles. The summed E-state index contributed by atoms with van der Waals surface area (Å²) < 4.78 is 5.32. The molecule has 0 aliphatic rings. The van der Waals surface area contributed by atoms with E-state index in [2.05, 4.69) is 10.6 Å². The first-order valence-electron chi connectivity index (χ1n) is 5.47. The first-order chi connectivity index (χ1) is 9.11. The van der Waals surface area contributed by atoms with Crippen molar-refractivity contribution in [2.75, 3.05) is 10.6 Å². The molecule has 0 spiro atoms. The number of amides is 2. The lowest BCUT2D eigenvalue weighted by Crippen LogP contribution is -2.19. The van der Waals surface area contributed by atoms with Gasteiger partial charge in [-0.25, -0.2) is 4.79 Å². The summed E-state index contributed by atoms with van der Waals surface area (Å²) in [6.07, 6.45) is 0. The van der Waals surface area contributed by atoms with Crippen molar-refractivity contribution in [2.24, 2.45) is 0 Å². The van der Waals surface area contributed by atoms with Crippen LogP contribution >= 0.6 is 23.2 Å². The van der Waals surface area contributed by atoms with E-state index >= 15 is 0 Å². The van der Waals surface area contributed by atoms with Crippen molar-refractivity contribution in [1.29, 1.82) is 0 Å². The number of carbonyl (C=O) groups is 1. The molecule has 0 aliphatic carbocycles. The highest BCUT2D eigenvalue weighted by atomic mass is 35.5. The van der Waals surface area contributed by atoms with Crippen LogP contribution in [0, 0.1) is 0 Å². The van der Waals surface area contributed by atoms with Crippen molar-refractivity contribution in [3.8, 4) is 0 Å². The number of hydrogen-bond acceptors (Lipinski definition) is 2. The number of rotatable bonds is 2. The smallest absolute Gasteiger partial charge is 0.323 e. The van der Waals surface area contributed by atoms with Crippen LogP contribution in [0.2, 0.25) is 10.0 Å². The molecular weight excluding hydrogens is 287 g/mol. The number of carbonyl (C=O) groups excluding carboxylic acids is 1. The fourth-order valence-electron chi connectivity index (χ4n) is 1.74. The SMILES string of the molecule is O=C(Nc1ccc(Cl)c(Cl)c1)Nc1cc2ccc1o2. The third-order valence-corrected chi connectivity index (χ3v) is 3.34. The maximum Gasteiger partial charge on any atom is 0.323 e. The summed E-state index contributed by atoms with van der Waals surface area (Å²) in [6, 6.07) is 9.87. The van der Waals surface area contributed by atoms with Crippen LogP contribution < -0.4 is 10.6 Å². The predicted octanol–water partition coefficient (Wildman–Crippen LogP) is 4.82. The van der Waals surface area contributed by atoms with Crippen molar-refractivity contribution in [1.82, 2.24) is 0 Å². The molecule has 0 atom stereocenters. The number of hydrogen-bond donors (Lipinski definition) is 2. The van der Waals surface area contributed by atoms with Gasteiger partial charge < -0.3 is 15.1 Å². The number of urea groups is 1. The van der Waals surface area contributed by atoms with Gasteiger partial charge in [0.15, 0.2) is 5.58 Å². The van der Waals surface area contributed by atoms with E-state index in [0.717, 1.165) is 5.58 Å². The second-order valence-electron chi connectivity index (χ2n) is 3.97. The molecule has 2 heterocycles. The summed E-state index contributed by atoms with van der Waals surface area (Å²) in [5.41, 5.74) is 2.55. The van der Waals surface area contributed by atoms with Crippen LogP contribution in [0.25, 0.3) is 11.2 Å². The summed E-state index contributed by atoms with van der Waals surface area (Å²) >= 11 is 11.7. The average molecular weight is 295 g/mol. The van der Waals surface area contributed by atoms with Gasteiger partial charge in [0.05, 0.1) is 15.7 Å². The molecule has 2 aromatic heterocycles. The molecule has 3 rings (SSSR count). The van der Waals surface area contributed by atoms with Gasteiger partial charge in [0.1, 0.15) is 5.58 Å². The molecule has 2 bridgehead atoms. The third-order valence-electron chi connectivity index (χ3n) is 2.60. The summed E-state index contributed by atoms with van der Waals surface area (Å²) in [4.78, 5) is 11.8. The molecule has 1 aromatic carbocycles. The number of fused-ring (bicyclic) bond motifs is 2. The Morgan fingerprint density at radius 1 is 1.00 bits per heavy atom. The Morgan fingerprint density at radius 3 is 2.47 bits per heavy atom. The lowest BCUT2D eigenvalue weighted by atomic mass is 10.3. The molecule has 3 aromatic rings. The van der Waals surface area contributed by atoms with Crippen molar-refractivity contribution < 1.29 is 9.21 Å². The zero-order valence-corrected chi connectivity index (χ0v) is 11.0. The summed E-state index contributed by atoms with van der Waals surface area (Å²) in [5, 5.41) is 6.18. The highest BCUT2D eigenvalue weighted by molar-refractivity contribution is 6.42. The van der Waals surface area contributed by atoms with E-state index in [4.69, 9.17) is 27.6 Å². The fourth-order valence-corrected chi connectivity index (χ4v) is 2.04. The summed E-state index contributed by atoms with van der Waals surface area (Å²) in [7, 11) is 0. The van der Waals surface area contributed by atoms with Crippen molar-refractivity contribution in [3.63, 3.8) is 0 Å². The molecule has 19 heavy (non-hydrogen) atoms. The van der Waals surface area contributed by atoms with E-state index in [9.17, 15) is 4.79 Å². The Morgan fingerprint density at radius 2 is 1.84 bits per heavy atom. The largest absolute Gasteiger partial charge is 0.455 e. The van der Waals surface area contributed by atoms with Crippen LogP contribution in [-0.4, -0.2) is 6.03 Å². The van der Waals surface area contributed by atoms with E-state index in [0.29, 0.717) is 27.0 Å². The summed E-state index contributed by atoms with van der Waals surface area (Å²) in [5.74, 6) is 0. The van der Waals surface area contributed by atoms with Gasteiger partial charge >= 0.3 is 6.03 Å². The van der Waals surface area contributed by atoms with Gasteiger partial charge in [0.25, 0.3) is 0 Å². The third kappa shape index (κ3) is 2.45. The minimum atomic E-state index is -0.373. The number of nitrogens with one attached hydrogen (secondary N) is 2. The monoisotopic (exact) mass is 294 g/mol. The molecule has 2 amide bonds. The highest BCUT2D eigenvalue weighted by Crippen LogP contribution is 2.27. The maximum absolute atomic E-state index is 11.8. The molecule has 4 nitrogen and oxygen atoms in total. The van der Waals surface area contributed by atoms with Gasteiger partial charge in [-0.15, -0.1) is 0 Å². The average Bonchev–Trinajstić information content (AvgIpc) is 2.96. The Hall–Kier alpha value is -1.91. The molecule has 96 valence electrons. The van der Waals surface area contributed by atoms with Crippen LogP contribution in [0.5, 0.6) is 0 Å². The number of benzene rings is 2. The first kappa shape index (κ1) is 12.1. The Labute approximate surface area is 118 Å². The quantitative estimate of drug-likeness (QED) is 0.712. The van der Waals surface area contributed by atoms with Crippen LogP contribution in [0.15, 0.2) is 40.8 Å². The molecule has 0 aliphatic heterocycles. The van der Waals surface area contributed by atoms with Gasteiger partial charge in [0.2, 0.25) is 0 Å². The summed E-state index contributed by atoms with van der Waals surface area (Å²) in [6.45, 7) is 0. The zero-order valence-electron chi connectivity index (χ0n) is 9.54. The minimum Gasteiger partial charge on any atom is -0.455 e. The molecule has 2 N–H and O–H groups in total. The first-order valence-corrected chi connectivity index (χ1v) is 6.22. The molecular formula is C13H8Cl2N2O2. The molecule has 0 fully saturated rings. The molecule has 6 heteroatoms. The van der Waals surface area contributed by atoms with Crippen molar-refractivity contribution in [3.05, 3.63) is 46.4 Å². The lowest BCUT2D eigenvalue weighted by molar-refractivity contribution is 0.262. The second-order valence-corrected chi connectivity index (χ2v) is 4.78. The normalized spacial score (nSPS) is 10.8. The van der Waals surface area contributed by atoms with Gasteiger partial charge in [-0.2, -0.15) is 0 Å². The topological polar surface area (TPSA) is 54.3 Å². The molecule has 0 radical (unpaired) electrons. The van der Waals surface area contributed by atoms with E-state index in [-0.39, 0.29) is 6.03 Å². The van der Waals surface area contributed by atoms with Crippen molar-refractivity contribution >= 4 is 51.8 Å². The second kappa shape index (κ2) is 4.64. The van der Waals surface area contributed by atoms with Crippen LogP contribution in [0.4, 0.5) is 16.2 Å². The molecule has 0 unspecified atom stereocenters. The van der Waals surface area contributed by atoms with Crippen LogP contribution in [-0.2, 0) is 0 Å². The Kier molecular flexibility index (Phi) is 2.97. The van der Waals surface area contributed by atoms with Gasteiger partial charge in [-0.3, -0.25) is 0 Å². The fraction of sp³-hybridized carbons (Fsp3) is 0. The van der Waals surface area contributed by atoms with E-state index in [1.54, 1.807) is 30.3 Å². The maximum atomic E-state index is 11.8. The Bertz CT molecular complexity index is 739. The van der Waals surface area contributed by atoms with Gasteiger partial charge in [-0.05, 0) is 30.3 Å².